The molecule has 0 bridgehead atoms. The summed E-state index contributed by atoms with van der Waals surface area (Å²) < 4.78 is 22.3. The fraction of sp³-hybridized carbons (Fsp3) is 0.545. The Balaban J connectivity index is 2.54. The van der Waals surface area contributed by atoms with Gasteiger partial charge in [0.2, 0.25) is 15.9 Å². The molecular weight excluding hydrogens is 272 g/mol. The van der Waals surface area contributed by atoms with Crippen LogP contribution in [0.5, 0.6) is 0 Å². The maximum absolute atomic E-state index is 11.7. The summed E-state index contributed by atoms with van der Waals surface area (Å²) in [4.78, 5) is 12.4. The van der Waals surface area contributed by atoms with Gasteiger partial charge in [0.05, 0.1) is 6.54 Å². The zero-order chi connectivity index (χ0) is 13.8. The number of hydrogen-bond donors (Lipinski definition) is 2. The fourth-order valence-corrected chi connectivity index (χ4v) is 3.24. The van der Waals surface area contributed by atoms with Crippen LogP contribution in [-0.2, 0) is 21.4 Å². The third kappa shape index (κ3) is 4.40. The van der Waals surface area contributed by atoms with Crippen molar-refractivity contribution in [1.29, 1.82) is 0 Å². The lowest BCUT2D eigenvalue weighted by Gasteiger charge is -2.09. The van der Waals surface area contributed by atoms with Gasteiger partial charge in [-0.2, -0.15) is 0 Å². The standard InChI is InChI=1S/C11H18N2O3S2/c1-3-4-8(2)11(14)13-7-9-5-6-10(17-9)18(12,15)16/h5-6,8H,3-4,7H2,1-2H3,(H,13,14)(H2,12,15,16). The van der Waals surface area contributed by atoms with Gasteiger partial charge in [-0.15, -0.1) is 11.3 Å². The summed E-state index contributed by atoms with van der Waals surface area (Å²) in [6, 6.07) is 3.12. The van der Waals surface area contributed by atoms with E-state index in [-0.39, 0.29) is 16.0 Å². The van der Waals surface area contributed by atoms with Crippen molar-refractivity contribution in [2.45, 2.75) is 37.4 Å². The predicted octanol–water partition coefficient (Wildman–Crippen LogP) is 1.45. The minimum atomic E-state index is -3.64. The average molecular weight is 290 g/mol. The van der Waals surface area contributed by atoms with E-state index in [4.69, 9.17) is 5.14 Å². The highest BCUT2D eigenvalue weighted by Crippen LogP contribution is 2.20. The van der Waals surface area contributed by atoms with Gasteiger partial charge >= 0.3 is 0 Å². The minimum absolute atomic E-state index is 0.0117. The van der Waals surface area contributed by atoms with Crippen LogP contribution < -0.4 is 10.5 Å². The van der Waals surface area contributed by atoms with Gasteiger partial charge in [-0.1, -0.05) is 20.3 Å². The molecule has 1 rings (SSSR count). The molecule has 1 amide bonds. The Hall–Kier alpha value is -0.920. The second kappa shape index (κ2) is 6.31. The molecule has 18 heavy (non-hydrogen) atoms. The van der Waals surface area contributed by atoms with Crippen molar-refractivity contribution in [3.63, 3.8) is 0 Å². The zero-order valence-corrected chi connectivity index (χ0v) is 12.1. The quantitative estimate of drug-likeness (QED) is 0.831. The second-order valence-corrected chi connectivity index (χ2v) is 7.13. The number of nitrogens with one attached hydrogen (secondary N) is 1. The number of carbonyl (C=O) groups excluding carboxylic acids is 1. The van der Waals surface area contributed by atoms with Gasteiger partial charge in [-0.05, 0) is 18.6 Å². The third-order valence-electron chi connectivity index (χ3n) is 2.52. The first-order chi connectivity index (χ1) is 8.34. The topological polar surface area (TPSA) is 89.3 Å². The van der Waals surface area contributed by atoms with Gasteiger partial charge in [0.25, 0.3) is 0 Å². The molecule has 0 aromatic carbocycles. The van der Waals surface area contributed by atoms with Crippen molar-refractivity contribution in [2.24, 2.45) is 11.1 Å². The van der Waals surface area contributed by atoms with Crippen LogP contribution in [0.3, 0.4) is 0 Å². The molecule has 0 fully saturated rings. The summed E-state index contributed by atoms with van der Waals surface area (Å²) >= 11 is 1.08. The van der Waals surface area contributed by atoms with E-state index in [1.165, 1.54) is 6.07 Å². The van der Waals surface area contributed by atoms with Gasteiger partial charge in [0, 0.05) is 10.8 Å². The fourth-order valence-electron chi connectivity index (χ4n) is 1.52. The molecule has 1 aromatic heterocycles. The molecule has 0 saturated heterocycles. The number of rotatable bonds is 6. The second-order valence-electron chi connectivity index (χ2n) is 4.17. The number of carbonyl (C=O) groups is 1. The summed E-state index contributed by atoms with van der Waals surface area (Å²) in [5.74, 6) is -0.0323. The van der Waals surface area contributed by atoms with Gasteiger partial charge in [0.15, 0.2) is 0 Å². The van der Waals surface area contributed by atoms with E-state index >= 15 is 0 Å². The molecule has 0 saturated carbocycles. The molecule has 0 aliphatic carbocycles. The molecular formula is C11H18N2O3S2. The van der Waals surface area contributed by atoms with Crippen LogP contribution in [0.15, 0.2) is 16.3 Å². The highest BCUT2D eigenvalue weighted by molar-refractivity contribution is 7.91. The first-order valence-electron chi connectivity index (χ1n) is 5.73. The normalized spacial score (nSPS) is 13.3. The first kappa shape index (κ1) is 15.1. The van der Waals surface area contributed by atoms with Gasteiger partial charge in [-0.25, -0.2) is 13.6 Å². The van der Waals surface area contributed by atoms with Crippen molar-refractivity contribution < 1.29 is 13.2 Å². The number of sulfonamides is 1. The number of hydrogen-bond acceptors (Lipinski definition) is 4. The van der Waals surface area contributed by atoms with Crippen LogP contribution in [0, 0.1) is 5.92 Å². The number of thiophene rings is 1. The Kier molecular flexibility index (Phi) is 5.30. The molecule has 7 heteroatoms. The predicted molar refractivity (Wildman–Crippen MR) is 71.6 cm³/mol. The molecule has 1 heterocycles. The Morgan fingerprint density at radius 1 is 1.50 bits per heavy atom. The van der Waals surface area contributed by atoms with Crippen molar-refractivity contribution in [3.8, 4) is 0 Å². The van der Waals surface area contributed by atoms with Crippen LogP contribution in [0.1, 0.15) is 31.6 Å². The molecule has 1 aromatic rings. The molecule has 0 aliphatic rings. The lowest BCUT2D eigenvalue weighted by Crippen LogP contribution is -2.28. The summed E-state index contributed by atoms with van der Waals surface area (Å²) in [6.07, 6.45) is 1.81. The van der Waals surface area contributed by atoms with Crippen LogP contribution in [0.25, 0.3) is 0 Å². The van der Waals surface area contributed by atoms with Crippen molar-refractivity contribution in [2.75, 3.05) is 0 Å². The maximum atomic E-state index is 11.7. The smallest absolute Gasteiger partial charge is 0.247 e. The molecule has 3 N–H and O–H groups in total. The van der Waals surface area contributed by atoms with E-state index in [1.54, 1.807) is 6.07 Å². The SMILES string of the molecule is CCCC(C)C(=O)NCc1ccc(S(N)(=O)=O)s1. The number of primary sulfonamides is 1. The first-order valence-corrected chi connectivity index (χ1v) is 8.10. The minimum Gasteiger partial charge on any atom is -0.351 e. The zero-order valence-electron chi connectivity index (χ0n) is 10.5. The van der Waals surface area contributed by atoms with Crippen molar-refractivity contribution in [1.82, 2.24) is 5.32 Å². The number of nitrogens with two attached hydrogens (primary N) is 1. The van der Waals surface area contributed by atoms with E-state index in [2.05, 4.69) is 5.32 Å². The molecule has 0 spiro atoms. The number of amides is 1. The molecule has 5 nitrogen and oxygen atoms in total. The van der Waals surface area contributed by atoms with E-state index < -0.39 is 10.0 Å². The van der Waals surface area contributed by atoms with Crippen molar-refractivity contribution >= 4 is 27.3 Å². The monoisotopic (exact) mass is 290 g/mol. The highest BCUT2D eigenvalue weighted by Gasteiger charge is 2.14. The third-order valence-corrected chi connectivity index (χ3v) is 5.05. The molecule has 0 radical (unpaired) electrons. The van der Waals surface area contributed by atoms with Crippen LogP contribution >= 0.6 is 11.3 Å². The summed E-state index contributed by atoms with van der Waals surface area (Å²) in [5, 5.41) is 7.79. The Morgan fingerprint density at radius 3 is 2.67 bits per heavy atom. The molecule has 1 atom stereocenters. The molecule has 1 unspecified atom stereocenters. The van der Waals surface area contributed by atoms with Crippen LogP contribution in [-0.4, -0.2) is 14.3 Å². The highest BCUT2D eigenvalue weighted by atomic mass is 32.2. The van der Waals surface area contributed by atoms with Crippen LogP contribution in [0.2, 0.25) is 0 Å². The Labute approximate surface area is 111 Å². The molecule has 0 aliphatic heterocycles. The summed E-state index contributed by atoms with van der Waals surface area (Å²) in [7, 11) is -3.64. The lowest BCUT2D eigenvalue weighted by molar-refractivity contribution is -0.124. The van der Waals surface area contributed by atoms with Gasteiger partial charge < -0.3 is 5.32 Å². The van der Waals surface area contributed by atoms with Gasteiger partial charge in [0.1, 0.15) is 4.21 Å². The largest absolute Gasteiger partial charge is 0.351 e. The molecule has 102 valence electrons. The van der Waals surface area contributed by atoms with E-state index in [1.807, 2.05) is 13.8 Å². The van der Waals surface area contributed by atoms with Crippen LogP contribution in [0.4, 0.5) is 0 Å². The van der Waals surface area contributed by atoms with E-state index in [0.717, 1.165) is 29.1 Å². The average Bonchev–Trinajstić information content (AvgIpc) is 2.74. The van der Waals surface area contributed by atoms with Gasteiger partial charge in [-0.3, -0.25) is 4.79 Å². The lowest BCUT2D eigenvalue weighted by atomic mass is 10.1. The van der Waals surface area contributed by atoms with E-state index in [0.29, 0.717) is 6.54 Å². The Morgan fingerprint density at radius 2 is 2.17 bits per heavy atom. The summed E-state index contributed by atoms with van der Waals surface area (Å²) in [6.45, 7) is 4.25. The van der Waals surface area contributed by atoms with E-state index in [9.17, 15) is 13.2 Å². The Bertz CT molecular complexity index is 508. The van der Waals surface area contributed by atoms with Crippen molar-refractivity contribution in [3.05, 3.63) is 17.0 Å². The maximum Gasteiger partial charge on any atom is 0.247 e. The summed E-state index contributed by atoms with van der Waals surface area (Å²) in [5.41, 5.74) is 0.